The van der Waals surface area contributed by atoms with Crippen molar-refractivity contribution < 1.29 is 24.5 Å². The van der Waals surface area contributed by atoms with Gasteiger partial charge in [-0.25, -0.2) is 5.43 Å². The van der Waals surface area contributed by atoms with Crippen LogP contribution in [0.2, 0.25) is 0 Å². The fourth-order valence-electron chi connectivity index (χ4n) is 2.03. The summed E-state index contributed by atoms with van der Waals surface area (Å²) in [7, 11) is 1.51. The average Bonchev–Trinajstić information content (AvgIpc) is 2.55. The van der Waals surface area contributed by atoms with Crippen molar-refractivity contribution >= 4 is 28.1 Å². The standard InChI is InChI=1S/C17H17BrN2O5/c1-10-5-12(21)7-14(22)13(10)8-19-20-17(23)9-25-15-4-3-11(18)6-16(15)24-2/h3-8,21-22H,9H2,1-2H3,(H,20,23). The van der Waals surface area contributed by atoms with Gasteiger partial charge in [-0.05, 0) is 36.8 Å². The number of benzene rings is 2. The van der Waals surface area contributed by atoms with E-state index in [1.165, 1.54) is 25.5 Å². The van der Waals surface area contributed by atoms with Crippen molar-refractivity contribution in [2.75, 3.05) is 13.7 Å². The van der Waals surface area contributed by atoms with Gasteiger partial charge in [-0.3, -0.25) is 4.79 Å². The Morgan fingerprint density at radius 1 is 1.28 bits per heavy atom. The second-order valence-corrected chi connectivity index (χ2v) is 5.99. The summed E-state index contributed by atoms with van der Waals surface area (Å²) in [5, 5.41) is 22.9. The molecule has 1 amide bonds. The molecular weight excluding hydrogens is 392 g/mol. The number of rotatable bonds is 6. The summed E-state index contributed by atoms with van der Waals surface area (Å²) in [5.41, 5.74) is 3.31. The van der Waals surface area contributed by atoms with Gasteiger partial charge in [-0.2, -0.15) is 5.10 Å². The number of ether oxygens (including phenoxy) is 2. The number of halogens is 1. The van der Waals surface area contributed by atoms with Crippen molar-refractivity contribution in [1.29, 1.82) is 0 Å². The first kappa shape index (κ1) is 18.6. The van der Waals surface area contributed by atoms with Crippen molar-refractivity contribution in [3.8, 4) is 23.0 Å². The minimum Gasteiger partial charge on any atom is -0.508 e. The Bertz CT molecular complexity index is 785. The molecule has 0 unspecified atom stereocenters. The minimum absolute atomic E-state index is 0.0481. The molecule has 0 bridgehead atoms. The number of carbonyl (C=O) groups is 1. The van der Waals surface area contributed by atoms with Crippen LogP contribution in [0.3, 0.4) is 0 Å². The highest BCUT2D eigenvalue weighted by atomic mass is 79.9. The molecule has 0 aliphatic carbocycles. The number of aryl methyl sites for hydroxylation is 1. The first-order chi connectivity index (χ1) is 11.9. The fourth-order valence-corrected chi connectivity index (χ4v) is 2.37. The molecule has 0 heterocycles. The Balaban J connectivity index is 1.93. The summed E-state index contributed by atoms with van der Waals surface area (Å²) in [6, 6.07) is 7.84. The number of methoxy groups -OCH3 is 1. The lowest BCUT2D eigenvalue weighted by Gasteiger charge is -2.10. The number of carbonyl (C=O) groups excluding carboxylic acids is 1. The molecule has 0 fully saturated rings. The molecule has 0 spiro atoms. The maximum atomic E-state index is 11.8. The Morgan fingerprint density at radius 2 is 2.04 bits per heavy atom. The van der Waals surface area contributed by atoms with Gasteiger partial charge in [0.05, 0.1) is 13.3 Å². The number of hydrogen-bond acceptors (Lipinski definition) is 6. The van der Waals surface area contributed by atoms with Crippen LogP contribution in [0.15, 0.2) is 39.9 Å². The molecule has 2 rings (SSSR count). The third-order valence-corrected chi connectivity index (χ3v) is 3.71. The van der Waals surface area contributed by atoms with E-state index in [1.807, 2.05) is 0 Å². The lowest BCUT2D eigenvalue weighted by atomic mass is 10.1. The van der Waals surface area contributed by atoms with Crippen LogP contribution in [0.4, 0.5) is 0 Å². The van der Waals surface area contributed by atoms with Crippen molar-refractivity contribution in [3.63, 3.8) is 0 Å². The molecule has 0 aromatic heterocycles. The quantitative estimate of drug-likeness (QED) is 0.503. The highest BCUT2D eigenvalue weighted by Crippen LogP contribution is 2.30. The van der Waals surface area contributed by atoms with Crippen LogP contribution in [-0.4, -0.2) is 36.1 Å². The third kappa shape index (κ3) is 5.12. The number of nitrogens with one attached hydrogen (secondary N) is 1. The first-order valence-corrected chi connectivity index (χ1v) is 8.01. The van der Waals surface area contributed by atoms with Gasteiger partial charge in [0.2, 0.25) is 0 Å². The van der Waals surface area contributed by atoms with Crippen molar-refractivity contribution in [2.24, 2.45) is 5.10 Å². The predicted octanol–water partition coefficient (Wildman–Crippen LogP) is 2.71. The van der Waals surface area contributed by atoms with Crippen molar-refractivity contribution in [1.82, 2.24) is 5.43 Å². The number of aromatic hydroxyl groups is 2. The van der Waals surface area contributed by atoms with Crippen molar-refractivity contribution in [3.05, 3.63) is 45.9 Å². The smallest absolute Gasteiger partial charge is 0.277 e. The molecule has 0 aliphatic rings. The van der Waals surface area contributed by atoms with E-state index in [0.29, 0.717) is 22.6 Å². The van der Waals surface area contributed by atoms with Gasteiger partial charge in [-0.15, -0.1) is 0 Å². The number of phenols is 2. The van der Waals surface area contributed by atoms with Crippen molar-refractivity contribution in [2.45, 2.75) is 6.92 Å². The third-order valence-electron chi connectivity index (χ3n) is 3.22. The molecule has 132 valence electrons. The number of nitrogens with zero attached hydrogens (tertiary/aromatic N) is 1. The van der Waals surface area contributed by atoms with Crippen LogP contribution in [0.25, 0.3) is 0 Å². The summed E-state index contributed by atoms with van der Waals surface area (Å²) < 4.78 is 11.4. The van der Waals surface area contributed by atoms with Gasteiger partial charge in [0.1, 0.15) is 11.5 Å². The molecule has 0 saturated carbocycles. The SMILES string of the molecule is COc1cc(Br)ccc1OCC(=O)NN=Cc1c(C)cc(O)cc1O. The second-order valence-electron chi connectivity index (χ2n) is 5.07. The molecule has 0 saturated heterocycles. The fraction of sp³-hybridized carbons (Fsp3) is 0.176. The molecule has 25 heavy (non-hydrogen) atoms. The molecule has 2 aromatic carbocycles. The summed E-state index contributed by atoms with van der Waals surface area (Å²) >= 11 is 3.32. The maximum absolute atomic E-state index is 11.8. The largest absolute Gasteiger partial charge is 0.508 e. The van der Waals surface area contributed by atoms with E-state index in [-0.39, 0.29) is 18.1 Å². The summed E-state index contributed by atoms with van der Waals surface area (Å²) in [6.45, 7) is 1.45. The van der Waals surface area contributed by atoms with E-state index in [2.05, 4.69) is 26.5 Å². The topological polar surface area (TPSA) is 100 Å². The van der Waals surface area contributed by atoms with Gasteiger partial charge in [0.25, 0.3) is 5.91 Å². The Morgan fingerprint density at radius 3 is 2.72 bits per heavy atom. The zero-order valence-electron chi connectivity index (χ0n) is 13.6. The van der Waals surface area contributed by atoms with E-state index in [9.17, 15) is 15.0 Å². The molecule has 0 radical (unpaired) electrons. The number of hydrazone groups is 1. The first-order valence-electron chi connectivity index (χ1n) is 7.21. The number of amides is 1. The Kier molecular flexibility index (Phi) is 6.24. The van der Waals surface area contributed by atoms with Crippen LogP contribution >= 0.6 is 15.9 Å². The van der Waals surface area contributed by atoms with Gasteiger partial charge < -0.3 is 19.7 Å². The molecule has 8 heteroatoms. The predicted molar refractivity (Wildman–Crippen MR) is 96.4 cm³/mol. The molecule has 0 aliphatic heterocycles. The summed E-state index contributed by atoms with van der Waals surface area (Å²) in [4.78, 5) is 11.8. The lowest BCUT2D eigenvalue weighted by Crippen LogP contribution is -2.24. The molecule has 3 N–H and O–H groups in total. The highest BCUT2D eigenvalue weighted by molar-refractivity contribution is 9.10. The summed E-state index contributed by atoms with van der Waals surface area (Å²) in [6.07, 6.45) is 1.29. The van der Waals surface area contributed by atoms with E-state index < -0.39 is 5.91 Å². The van der Waals surface area contributed by atoms with Gasteiger partial charge in [0.15, 0.2) is 18.1 Å². The maximum Gasteiger partial charge on any atom is 0.277 e. The van der Waals surface area contributed by atoms with E-state index in [1.54, 1.807) is 25.1 Å². The van der Waals surface area contributed by atoms with E-state index >= 15 is 0 Å². The normalized spacial score (nSPS) is 10.7. The summed E-state index contributed by atoms with van der Waals surface area (Å²) in [5.74, 6) is 0.267. The van der Waals surface area contributed by atoms with E-state index in [0.717, 1.165) is 4.47 Å². The van der Waals surface area contributed by atoms with Crippen LogP contribution in [0.5, 0.6) is 23.0 Å². The Hall–Kier alpha value is -2.74. The van der Waals surface area contributed by atoms with Crippen LogP contribution in [0.1, 0.15) is 11.1 Å². The monoisotopic (exact) mass is 408 g/mol. The van der Waals surface area contributed by atoms with Gasteiger partial charge in [0, 0.05) is 16.1 Å². The zero-order chi connectivity index (χ0) is 18.4. The highest BCUT2D eigenvalue weighted by Gasteiger charge is 2.08. The molecule has 2 aromatic rings. The minimum atomic E-state index is -0.475. The molecule has 7 nitrogen and oxygen atoms in total. The lowest BCUT2D eigenvalue weighted by molar-refractivity contribution is -0.123. The van der Waals surface area contributed by atoms with Crippen LogP contribution in [0, 0.1) is 6.92 Å². The average molecular weight is 409 g/mol. The van der Waals surface area contributed by atoms with Gasteiger partial charge >= 0.3 is 0 Å². The van der Waals surface area contributed by atoms with E-state index in [4.69, 9.17) is 9.47 Å². The molecule has 0 atom stereocenters. The molecular formula is C17H17BrN2O5. The number of hydrogen-bond donors (Lipinski definition) is 3. The number of phenolic OH excluding ortho intramolecular Hbond substituents is 2. The van der Waals surface area contributed by atoms with Gasteiger partial charge in [-0.1, -0.05) is 15.9 Å². The second kappa shape index (κ2) is 8.39. The zero-order valence-corrected chi connectivity index (χ0v) is 15.2. The Labute approximate surface area is 153 Å². The van der Waals surface area contributed by atoms with Crippen LogP contribution in [-0.2, 0) is 4.79 Å². The van der Waals surface area contributed by atoms with Crippen LogP contribution < -0.4 is 14.9 Å².